The summed E-state index contributed by atoms with van der Waals surface area (Å²) in [4.78, 5) is 13.7. The van der Waals surface area contributed by atoms with E-state index < -0.39 is 5.82 Å². The van der Waals surface area contributed by atoms with Gasteiger partial charge >= 0.3 is 0 Å². The lowest BCUT2D eigenvalue weighted by Gasteiger charge is -2.40. The lowest BCUT2D eigenvalue weighted by atomic mass is 9.86. The molecule has 7 nitrogen and oxygen atoms in total. The summed E-state index contributed by atoms with van der Waals surface area (Å²) >= 11 is 0. The molecule has 8 heteroatoms. The number of benzene rings is 2. The lowest BCUT2D eigenvalue weighted by molar-refractivity contribution is 0.252. The van der Waals surface area contributed by atoms with Gasteiger partial charge in [0.2, 0.25) is 5.95 Å². The first-order valence-electron chi connectivity index (χ1n) is 13.3. The summed E-state index contributed by atoms with van der Waals surface area (Å²) < 4.78 is 21.0. The Labute approximate surface area is 224 Å². The van der Waals surface area contributed by atoms with E-state index in [9.17, 15) is 5.26 Å². The number of ether oxygens (including phenoxy) is 1. The molecule has 0 bridgehead atoms. The van der Waals surface area contributed by atoms with Crippen LogP contribution in [0.4, 0.5) is 21.7 Å². The van der Waals surface area contributed by atoms with Gasteiger partial charge in [-0.3, -0.25) is 0 Å². The fraction of sp³-hybridized carbons (Fsp3) is 0.433. The largest absolute Gasteiger partial charge is 0.486 e. The zero-order valence-electron chi connectivity index (χ0n) is 22.8. The van der Waals surface area contributed by atoms with Gasteiger partial charge in [-0.25, -0.2) is 14.4 Å². The third-order valence-electron chi connectivity index (χ3n) is 7.64. The fourth-order valence-electron chi connectivity index (χ4n) is 5.69. The second kappa shape index (κ2) is 10.6. The second-order valence-electron chi connectivity index (χ2n) is 10.8. The van der Waals surface area contributed by atoms with Gasteiger partial charge in [-0.1, -0.05) is 6.07 Å². The molecule has 2 aliphatic heterocycles. The summed E-state index contributed by atoms with van der Waals surface area (Å²) in [6.07, 6.45) is 3.84. The number of aryl methyl sites for hydroxylation is 1. The SMILES string of the molecule is Cc1cnc(Nc2ccc(C3CCN(C)CC3)c(C#N)c2)nc1-c1cc(F)c2c(c1)N(C(C)C)C(C)CO2. The number of piperidine rings is 1. The first-order chi connectivity index (χ1) is 18.2. The number of nitrogens with zero attached hydrogens (tertiary/aromatic N) is 5. The predicted molar refractivity (Wildman–Crippen MR) is 149 cm³/mol. The minimum Gasteiger partial charge on any atom is -0.486 e. The molecule has 1 unspecified atom stereocenters. The number of halogens is 1. The van der Waals surface area contributed by atoms with Crippen LogP contribution in [0.2, 0.25) is 0 Å². The van der Waals surface area contributed by atoms with Crippen LogP contribution in [0.15, 0.2) is 36.5 Å². The third kappa shape index (κ3) is 5.03. The van der Waals surface area contributed by atoms with E-state index in [0.717, 1.165) is 48.4 Å². The van der Waals surface area contributed by atoms with Crippen LogP contribution in [0.25, 0.3) is 11.3 Å². The zero-order valence-corrected chi connectivity index (χ0v) is 22.8. The van der Waals surface area contributed by atoms with Gasteiger partial charge in [0.1, 0.15) is 6.61 Å². The third-order valence-corrected chi connectivity index (χ3v) is 7.64. The van der Waals surface area contributed by atoms with Crippen LogP contribution < -0.4 is 15.0 Å². The van der Waals surface area contributed by atoms with Crippen LogP contribution in [0.1, 0.15) is 56.2 Å². The Kier molecular flexibility index (Phi) is 7.22. The van der Waals surface area contributed by atoms with E-state index in [1.807, 2.05) is 31.2 Å². The molecule has 5 rings (SSSR count). The molecular formula is C30H35FN6O. The van der Waals surface area contributed by atoms with Gasteiger partial charge in [-0.05, 0) is 102 Å². The topological polar surface area (TPSA) is 77.3 Å². The van der Waals surface area contributed by atoms with E-state index in [1.54, 1.807) is 6.20 Å². The number of nitrogens with one attached hydrogen (secondary N) is 1. The molecule has 0 radical (unpaired) electrons. The minimum absolute atomic E-state index is 0.132. The van der Waals surface area contributed by atoms with E-state index in [-0.39, 0.29) is 12.1 Å². The zero-order chi connectivity index (χ0) is 27.0. The summed E-state index contributed by atoms with van der Waals surface area (Å²) in [5.74, 6) is 0.684. The maximum absolute atomic E-state index is 15.2. The average molecular weight is 515 g/mol. The first-order valence-corrected chi connectivity index (χ1v) is 13.3. The second-order valence-corrected chi connectivity index (χ2v) is 10.8. The van der Waals surface area contributed by atoms with Crippen molar-refractivity contribution in [3.63, 3.8) is 0 Å². The molecule has 3 heterocycles. The maximum atomic E-state index is 15.2. The molecule has 1 saturated heterocycles. The van der Waals surface area contributed by atoms with Crippen LogP contribution in [0, 0.1) is 24.1 Å². The minimum atomic E-state index is -0.397. The Hall–Kier alpha value is -3.70. The maximum Gasteiger partial charge on any atom is 0.227 e. The molecule has 0 aliphatic carbocycles. The molecule has 198 valence electrons. The molecular weight excluding hydrogens is 479 g/mol. The number of rotatable bonds is 5. The highest BCUT2D eigenvalue weighted by Crippen LogP contribution is 2.41. The number of hydrogen-bond donors (Lipinski definition) is 1. The monoisotopic (exact) mass is 514 g/mol. The highest BCUT2D eigenvalue weighted by Gasteiger charge is 2.30. The van der Waals surface area contributed by atoms with Crippen molar-refractivity contribution in [2.75, 3.05) is 37.0 Å². The normalized spacial score (nSPS) is 18.2. The molecule has 2 aromatic carbocycles. The lowest BCUT2D eigenvalue weighted by Crippen LogP contribution is -2.45. The number of aromatic nitrogens is 2. The van der Waals surface area contributed by atoms with Crippen molar-refractivity contribution in [3.8, 4) is 23.1 Å². The molecule has 1 fully saturated rings. The van der Waals surface area contributed by atoms with Crippen molar-refractivity contribution in [3.05, 3.63) is 59.0 Å². The summed E-state index contributed by atoms with van der Waals surface area (Å²) in [6.45, 7) is 10.7. The molecule has 38 heavy (non-hydrogen) atoms. The van der Waals surface area contributed by atoms with Crippen molar-refractivity contribution in [1.82, 2.24) is 14.9 Å². The summed E-state index contributed by atoms with van der Waals surface area (Å²) in [5, 5.41) is 13.1. The summed E-state index contributed by atoms with van der Waals surface area (Å²) in [7, 11) is 2.14. The number of anilines is 3. The number of nitriles is 1. The Morgan fingerprint density at radius 2 is 1.95 bits per heavy atom. The van der Waals surface area contributed by atoms with E-state index in [1.165, 1.54) is 6.07 Å². The van der Waals surface area contributed by atoms with Crippen LogP contribution in [0.3, 0.4) is 0 Å². The van der Waals surface area contributed by atoms with E-state index in [4.69, 9.17) is 9.72 Å². The predicted octanol–water partition coefficient (Wildman–Crippen LogP) is 6.01. The van der Waals surface area contributed by atoms with Crippen molar-refractivity contribution in [2.45, 2.75) is 58.5 Å². The van der Waals surface area contributed by atoms with E-state index in [2.05, 4.69) is 54.0 Å². The molecule has 1 atom stereocenters. The van der Waals surface area contributed by atoms with Gasteiger partial charge in [0.15, 0.2) is 11.6 Å². The van der Waals surface area contributed by atoms with E-state index >= 15 is 4.39 Å². The highest BCUT2D eigenvalue weighted by atomic mass is 19.1. The first kappa shape index (κ1) is 25.9. The van der Waals surface area contributed by atoms with Crippen molar-refractivity contribution >= 4 is 17.3 Å². The van der Waals surface area contributed by atoms with Gasteiger partial charge < -0.3 is 19.9 Å². The standard InChI is InChI=1S/C30H35FN6O/c1-18(2)37-20(4)17-38-29-26(31)13-22(14-27(29)37)28-19(3)16-33-30(35-28)34-24-6-7-25(23(12-24)15-32)21-8-10-36(5)11-9-21/h6-7,12-14,16,18,20-21H,8-11,17H2,1-5H3,(H,33,34,35). The molecule has 0 saturated carbocycles. The Morgan fingerprint density at radius 3 is 2.66 bits per heavy atom. The van der Waals surface area contributed by atoms with Crippen molar-refractivity contribution in [2.24, 2.45) is 0 Å². The molecule has 0 spiro atoms. The summed E-state index contributed by atoms with van der Waals surface area (Å²) in [6, 6.07) is 12.0. The van der Waals surface area contributed by atoms with Gasteiger partial charge in [0.25, 0.3) is 0 Å². The Balaban J connectivity index is 1.45. The van der Waals surface area contributed by atoms with Gasteiger partial charge in [0.05, 0.1) is 29.1 Å². The average Bonchev–Trinajstić information content (AvgIpc) is 2.89. The highest BCUT2D eigenvalue weighted by molar-refractivity contribution is 5.74. The molecule has 1 aromatic heterocycles. The van der Waals surface area contributed by atoms with Crippen molar-refractivity contribution < 1.29 is 9.13 Å². The van der Waals surface area contributed by atoms with Crippen LogP contribution >= 0.6 is 0 Å². The summed E-state index contributed by atoms with van der Waals surface area (Å²) in [5.41, 5.74) is 5.43. The van der Waals surface area contributed by atoms with Crippen LogP contribution in [0.5, 0.6) is 5.75 Å². The molecule has 3 aromatic rings. The fourth-order valence-corrected chi connectivity index (χ4v) is 5.69. The van der Waals surface area contributed by atoms with E-state index in [0.29, 0.717) is 41.0 Å². The number of likely N-dealkylation sites (tertiary alicyclic amines) is 1. The van der Waals surface area contributed by atoms with Crippen LogP contribution in [-0.4, -0.2) is 53.7 Å². The Morgan fingerprint density at radius 1 is 1.18 bits per heavy atom. The number of hydrogen-bond acceptors (Lipinski definition) is 7. The molecule has 0 amide bonds. The van der Waals surface area contributed by atoms with Gasteiger partial charge in [0, 0.05) is 23.5 Å². The number of fused-ring (bicyclic) bond motifs is 1. The smallest absolute Gasteiger partial charge is 0.227 e. The molecule has 2 aliphatic rings. The van der Waals surface area contributed by atoms with Crippen molar-refractivity contribution in [1.29, 1.82) is 5.26 Å². The van der Waals surface area contributed by atoms with Crippen LogP contribution in [-0.2, 0) is 0 Å². The molecule has 1 N–H and O–H groups in total. The quantitative estimate of drug-likeness (QED) is 0.447. The van der Waals surface area contributed by atoms with Gasteiger partial charge in [-0.15, -0.1) is 0 Å². The Bertz CT molecular complexity index is 1380. The van der Waals surface area contributed by atoms with Gasteiger partial charge in [-0.2, -0.15) is 5.26 Å².